The highest BCUT2D eigenvalue weighted by Crippen LogP contribution is 2.20. The molecule has 1 amide bonds. The molecule has 2 aromatic carbocycles. The topological polar surface area (TPSA) is 81.6 Å². The number of fused-ring (bicyclic) bond motifs is 1. The molecule has 2 N–H and O–H groups in total. The maximum Gasteiger partial charge on any atom is 0.256 e. The molecule has 5 heteroatoms. The summed E-state index contributed by atoms with van der Waals surface area (Å²) in [5.41, 5.74) is 1.73. The molecule has 0 saturated heterocycles. The van der Waals surface area contributed by atoms with Gasteiger partial charge in [-0.1, -0.05) is 18.2 Å². The van der Waals surface area contributed by atoms with Crippen molar-refractivity contribution in [3.05, 3.63) is 59.7 Å². The molecule has 0 aliphatic heterocycles. The van der Waals surface area contributed by atoms with Crippen LogP contribution in [0.15, 0.2) is 48.5 Å². The summed E-state index contributed by atoms with van der Waals surface area (Å²) in [5, 5.41) is 19.4. The summed E-state index contributed by atoms with van der Waals surface area (Å²) in [6.45, 7) is 0. The van der Waals surface area contributed by atoms with Crippen molar-refractivity contribution in [2.75, 3.05) is 5.32 Å². The number of anilines is 1. The van der Waals surface area contributed by atoms with E-state index in [0.29, 0.717) is 16.9 Å². The number of aromatic nitrogens is 2. The number of nitrogens with zero attached hydrogens (tertiary/aromatic N) is 2. The van der Waals surface area contributed by atoms with E-state index < -0.39 is 0 Å². The van der Waals surface area contributed by atoms with E-state index in [1.807, 2.05) is 30.3 Å². The molecule has 0 bridgehead atoms. The van der Waals surface area contributed by atoms with Gasteiger partial charge in [-0.2, -0.15) is 10.4 Å². The Morgan fingerprint density at radius 3 is 2.90 bits per heavy atom. The first-order valence-corrected chi connectivity index (χ1v) is 6.02. The molecule has 1 aromatic heterocycles. The first kappa shape index (κ1) is 11.9. The van der Waals surface area contributed by atoms with Gasteiger partial charge in [0.05, 0.1) is 17.1 Å². The lowest BCUT2D eigenvalue weighted by Gasteiger charge is -2.02. The van der Waals surface area contributed by atoms with Crippen LogP contribution in [0.2, 0.25) is 0 Å². The van der Waals surface area contributed by atoms with Crippen molar-refractivity contribution in [1.82, 2.24) is 10.2 Å². The molecule has 0 spiro atoms. The van der Waals surface area contributed by atoms with E-state index in [4.69, 9.17) is 5.26 Å². The van der Waals surface area contributed by atoms with Gasteiger partial charge in [0.15, 0.2) is 5.82 Å². The monoisotopic (exact) mass is 262 g/mol. The fraction of sp³-hybridized carbons (Fsp3) is 0. The third kappa shape index (κ3) is 2.10. The zero-order valence-electron chi connectivity index (χ0n) is 10.4. The van der Waals surface area contributed by atoms with E-state index in [9.17, 15) is 4.79 Å². The highest BCUT2D eigenvalue weighted by atomic mass is 16.1. The van der Waals surface area contributed by atoms with Crippen molar-refractivity contribution in [2.45, 2.75) is 0 Å². The highest BCUT2D eigenvalue weighted by molar-refractivity contribution is 6.07. The van der Waals surface area contributed by atoms with Crippen LogP contribution in [-0.2, 0) is 0 Å². The van der Waals surface area contributed by atoms with Crippen LogP contribution in [0.5, 0.6) is 0 Å². The van der Waals surface area contributed by atoms with Crippen LogP contribution < -0.4 is 5.32 Å². The molecule has 20 heavy (non-hydrogen) atoms. The molecule has 0 fully saturated rings. The number of amides is 1. The predicted octanol–water partition coefficient (Wildman–Crippen LogP) is 2.69. The minimum absolute atomic E-state index is 0.292. The Balaban J connectivity index is 1.91. The van der Waals surface area contributed by atoms with Crippen LogP contribution in [-0.4, -0.2) is 16.1 Å². The summed E-state index contributed by atoms with van der Waals surface area (Å²) in [5.74, 6) is 0.187. The maximum absolute atomic E-state index is 12.1. The second-order valence-electron chi connectivity index (χ2n) is 4.26. The largest absolute Gasteiger partial charge is 0.305 e. The number of hydrogen-bond donors (Lipinski definition) is 2. The lowest BCUT2D eigenvalue weighted by molar-refractivity contribution is 0.102. The maximum atomic E-state index is 12.1. The van der Waals surface area contributed by atoms with Gasteiger partial charge in [-0.15, -0.1) is 0 Å². The number of carbonyl (C=O) groups is 1. The summed E-state index contributed by atoms with van der Waals surface area (Å²) >= 11 is 0. The normalized spacial score (nSPS) is 10.2. The van der Waals surface area contributed by atoms with E-state index in [2.05, 4.69) is 15.5 Å². The standard InChI is InChI=1S/C15H10N4O/c16-9-10-4-3-5-11(8-10)15(20)17-14-12-6-1-2-7-13(12)18-19-14/h1-8H,(H2,17,18,19,20). The minimum Gasteiger partial charge on any atom is -0.305 e. The summed E-state index contributed by atoms with van der Waals surface area (Å²) < 4.78 is 0. The van der Waals surface area contributed by atoms with Gasteiger partial charge < -0.3 is 5.32 Å². The SMILES string of the molecule is N#Cc1cccc(C(=O)Nc2n[nH]c3ccccc23)c1. The molecule has 3 aromatic rings. The summed E-state index contributed by atoms with van der Waals surface area (Å²) in [7, 11) is 0. The van der Waals surface area contributed by atoms with Gasteiger partial charge in [0.25, 0.3) is 5.91 Å². The molecule has 5 nitrogen and oxygen atoms in total. The Morgan fingerprint density at radius 2 is 2.05 bits per heavy atom. The average Bonchev–Trinajstić information content (AvgIpc) is 2.90. The number of nitrogens with one attached hydrogen (secondary N) is 2. The molecule has 0 atom stereocenters. The average molecular weight is 262 g/mol. The number of H-pyrrole nitrogens is 1. The van der Waals surface area contributed by atoms with E-state index in [0.717, 1.165) is 10.9 Å². The van der Waals surface area contributed by atoms with Crippen LogP contribution in [0.25, 0.3) is 10.9 Å². The number of rotatable bonds is 2. The van der Waals surface area contributed by atoms with Gasteiger partial charge in [-0.05, 0) is 30.3 Å². The zero-order valence-corrected chi connectivity index (χ0v) is 10.4. The van der Waals surface area contributed by atoms with E-state index in [1.165, 1.54) is 0 Å². The van der Waals surface area contributed by atoms with Crippen molar-refractivity contribution in [3.63, 3.8) is 0 Å². The van der Waals surface area contributed by atoms with Crippen molar-refractivity contribution in [1.29, 1.82) is 5.26 Å². The van der Waals surface area contributed by atoms with Crippen LogP contribution in [0, 0.1) is 11.3 Å². The first-order valence-electron chi connectivity index (χ1n) is 6.02. The predicted molar refractivity (Wildman–Crippen MR) is 75.2 cm³/mol. The van der Waals surface area contributed by atoms with Crippen LogP contribution >= 0.6 is 0 Å². The number of carbonyl (C=O) groups excluding carboxylic acids is 1. The fourth-order valence-electron chi connectivity index (χ4n) is 1.97. The van der Waals surface area contributed by atoms with Crippen LogP contribution in [0.4, 0.5) is 5.82 Å². The van der Waals surface area contributed by atoms with Gasteiger partial charge in [0.2, 0.25) is 0 Å². The van der Waals surface area contributed by atoms with Gasteiger partial charge in [0, 0.05) is 10.9 Å². The Labute approximate surface area is 114 Å². The third-order valence-corrected chi connectivity index (χ3v) is 2.96. The molecule has 1 heterocycles. The molecule has 0 aliphatic carbocycles. The molecular weight excluding hydrogens is 252 g/mol. The van der Waals surface area contributed by atoms with Gasteiger partial charge in [-0.25, -0.2) is 0 Å². The number of para-hydroxylation sites is 1. The second kappa shape index (κ2) is 4.86. The number of hydrogen-bond acceptors (Lipinski definition) is 3. The Morgan fingerprint density at radius 1 is 1.20 bits per heavy atom. The van der Waals surface area contributed by atoms with Gasteiger partial charge in [-0.3, -0.25) is 9.89 Å². The van der Waals surface area contributed by atoms with E-state index >= 15 is 0 Å². The molecular formula is C15H10N4O. The lowest BCUT2D eigenvalue weighted by Crippen LogP contribution is -2.12. The molecule has 0 unspecified atom stereocenters. The summed E-state index contributed by atoms with van der Waals surface area (Å²) in [6, 6.07) is 16.1. The van der Waals surface area contributed by atoms with Crippen LogP contribution in [0.3, 0.4) is 0 Å². The number of benzene rings is 2. The Hall–Kier alpha value is -3.13. The minimum atomic E-state index is -0.292. The van der Waals surface area contributed by atoms with Crippen LogP contribution in [0.1, 0.15) is 15.9 Å². The quantitative estimate of drug-likeness (QED) is 0.745. The van der Waals surface area contributed by atoms with Crippen molar-refractivity contribution in [3.8, 4) is 6.07 Å². The molecule has 0 aliphatic rings. The van der Waals surface area contributed by atoms with E-state index in [-0.39, 0.29) is 5.91 Å². The number of nitriles is 1. The fourth-order valence-corrected chi connectivity index (χ4v) is 1.97. The molecule has 3 rings (SSSR count). The zero-order chi connectivity index (χ0) is 13.9. The van der Waals surface area contributed by atoms with E-state index in [1.54, 1.807) is 24.3 Å². The Kier molecular flexibility index (Phi) is 2.90. The molecule has 96 valence electrons. The molecule has 0 saturated carbocycles. The molecule has 0 radical (unpaired) electrons. The van der Waals surface area contributed by atoms with Gasteiger partial charge >= 0.3 is 0 Å². The summed E-state index contributed by atoms with van der Waals surface area (Å²) in [4.78, 5) is 12.1. The second-order valence-corrected chi connectivity index (χ2v) is 4.26. The van der Waals surface area contributed by atoms with Crippen molar-refractivity contribution < 1.29 is 4.79 Å². The summed E-state index contributed by atoms with van der Waals surface area (Å²) in [6.07, 6.45) is 0. The van der Waals surface area contributed by atoms with Gasteiger partial charge in [0.1, 0.15) is 0 Å². The number of aromatic amines is 1. The lowest BCUT2D eigenvalue weighted by atomic mass is 10.1. The first-order chi connectivity index (χ1) is 9.78. The Bertz CT molecular complexity index is 829. The van der Waals surface area contributed by atoms with Crippen molar-refractivity contribution >= 4 is 22.6 Å². The smallest absolute Gasteiger partial charge is 0.256 e. The highest BCUT2D eigenvalue weighted by Gasteiger charge is 2.11. The van der Waals surface area contributed by atoms with Crippen molar-refractivity contribution in [2.24, 2.45) is 0 Å². The third-order valence-electron chi connectivity index (χ3n) is 2.96.